The molecule has 0 aliphatic carbocycles. The molecule has 20 heavy (non-hydrogen) atoms. The molecule has 0 N–H and O–H groups in total. The molecule has 2 fully saturated rings. The number of nitrogens with zero attached hydrogens (tertiary/aromatic N) is 2. The summed E-state index contributed by atoms with van der Waals surface area (Å²) in [7, 11) is 0. The van der Waals surface area contributed by atoms with E-state index in [0.29, 0.717) is 17.8 Å². The molecule has 0 aromatic heterocycles. The molecule has 1 aromatic carbocycles. The molecule has 108 valence electrons. The molecule has 2 heterocycles. The predicted octanol–water partition coefficient (Wildman–Crippen LogP) is 2.02. The molecular formula is C15H19BrN2O2. The molecule has 0 spiro atoms. The number of para-hydroxylation sites is 1. The zero-order valence-corrected chi connectivity index (χ0v) is 13.0. The van der Waals surface area contributed by atoms with Crippen LogP contribution in [0.4, 0.5) is 5.69 Å². The van der Waals surface area contributed by atoms with Crippen molar-refractivity contribution in [2.75, 3.05) is 37.7 Å². The summed E-state index contributed by atoms with van der Waals surface area (Å²) in [5.74, 6) is 0.239. The van der Waals surface area contributed by atoms with Gasteiger partial charge in [-0.15, -0.1) is 0 Å². The summed E-state index contributed by atoms with van der Waals surface area (Å²) in [4.78, 5) is 16.5. The van der Waals surface area contributed by atoms with Gasteiger partial charge in [-0.25, -0.2) is 0 Å². The maximum absolute atomic E-state index is 11.9. The molecule has 0 radical (unpaired) electrons. The van der Waals surface area contributed by atoms with E-state index in [2.05, 4.69) is 39.0 Å². The van der Waals surface area contributed by atoms with Crippen molar-refractivity contribution in [3.05, 3.63) is 29.8 Å². The number of anilines is 1. The monoisotopic (exact) mass is 338 g/mol. The SMILES string of the molecule is O=C1CC(Br)CN1Cc1ccccc1N1CCOCC1. The van der Waals surface area contributed by atoms with Crippen LogP contribution < -0.4 is 4.90 Å². The fraction of sp³-hybridized carbons (Fsp3) is 0.533. The number of alkyl halides is 1. The van der Waals surface area contributed by atoms with Crippen LogP contribution >= 0.6 is 15.9 Å². The average molecular weight is 339 g/mol. The summed E-state index contributed by atoms with van der Waals surface area (Å²) in [6, 6.07) is 8.38. The van der Waals surface area contributed by atoms with Crippen molar-refractivity contribution < 1.29 is 9.53 Å². The normalized spacial score (nSPS) is 23.4. The van der Waals surface area contributed by atoms with Gasteiger partial charge in [0.05, 0.1) is 13.2 Å². The van der Waals surface area contributed by atoms with E-state index in [9.17, 15) is 4.79 Å². The Morgan fingerprint density at radius 3 is 2.70 bits per heavy atom. The summed E-state index contributed by atoms with van der Waals surface area (Å²) in [6.07, 6.45) is 0.611. The number of hydrogen-bond acceptors (Lipinski definition) is 3. The fourth-order valence-electron chi connectivity index (χ4n) is 2.84. The number of ether oxygens (including phenoxy) is 1. The molecule has 2 saturated heterocycles. The summed E-state index contributed by atoms with van der Waals surface area (Å²) in [5.41, 5.74) is 2.46. The minimum absolute atomic E-state index is 0.239. The third-order valence-electron chi connectivity index (χ3n) is 3.87. The van der Waals surface area contributed by atoms with Crippen LogP contribution in [0.25, 0.3) is 0 Å². The predicted molar refractivity (Wildman–Crippen MR) is 82.2 cm³/mol. The van der Waals surface area contributed by atoms with Crippen LogP contribution in [0.2, 0.25) is 0 Å². The zero-order valence-electron chi connectivity index (χ0n) is 11.4. The summed E-state index contributed by atoms with van der Waals surface area (Å²) in [6.45, 7) is 4.91. The third-order valence-corrected chi connectivity index (χ3v) is 4.49. The molecule has 2 aliphatic heterocycles. The van der Waals surface area contributed by atoms with Gasteiger partial charge in [-0.2, -0.15) is 0 Å². The van der Waals surface area contributed by atoms with Crippen molar-refractivity contribution in [2.24, 2.45) is 0 Å². The molecule has 1 aromatic rings. The first-order valence-electron chi connectivity index (χ1n) is 7.06. The van der Waals surface area contributed by atoms with Crippen molar-refractivity contribution in [3.63, 3.8) is 0 Å². The molecule has 0 saturated carbocycles. The molecule has 5 heteroatoms. The van der Waals surface area contributed by atoms with Crippen molar-refractivity contribution in [3.8, 4) is 0 Å². The van der Waals surface area contributed by atoms with Gasteiger partial charge in [-0.3, -0.25) is 4.79 Å². The Balaban J connectivity index is 1.77. The van der Waals surface area contributed by atoms with Crippen molar-refractivity contribution in [2.45, 2.75) is 17.8 Å². The molecular weight excluding hydrogens is 320 g/mol. The van der Waals surface area contributed by atoms with Gasteiger partial charge in [0.25, 0.3) is 0 Å². The number of likely N-dealkylation sites (tertiary alicyclic amines) is 1. The van der Waals surface area contributed by atoms with Gasteiger partial charge < -0.3 is 14.5 Å². The molecule has 1 unspecified atom stereocenters. The maximum Gasteiger partial charge on any atom is 0.224 e. The minimum atomic E-state index is 0.239. The average Bonchev–Trinajstić information content (AvgIpc) is 2.78. The highest BCUT2D eigenvalue weighted by atomic mass is 79.9. The van der Waals surface area contributed by atoms with Crippen LogP contribution in [0.15, 0.2) is 24.3 Å². The molecule has 3 rings (SSSR count). The first-order chi connectivity index (χ1) is 9.74. The van der Waals surface area contributed by atoms with Gasteiger partial charge in [-0.05, 0) is 11.6 Å². The maximum atomic E-state index is 11.9. The fourth-order valence-corrected chi connectivity index (χ4v) is 3.47. The number of benzene rings is 1. The quantitative estimate of drug-likeness (QED) is 0.790. The minimum Gasteiger partial charge on any atom is -0.378 e. The number of carbonyl (C=O) groups is 1. The van der Waals surface area contributed by atoms with E-state index in [1.807, 2.05) is 11.0 Å². The Labute approximate surface area is 127 Å². The van der Waals surface area contributed by atoms with E-state index in [-0.39, 0.29) is 5.91 Å². The number of carbonyl (C=O) groups excluding carboxylic acids is 1. The Kier molecular flexibility index (Phi) is 4.27. The van der Waals surface area contributed by atoms with Gasteiger partial charge in [0.15, 0.2) is 0 Å². The van der Waals surface area contributed by atoms with E-state index in [1.54, 1.807) is 0 Å². The van der Waals surface area contributed by atoms with E-state index < -0.39 is 0 Å². The number of amides is 1. The summed E-state index contributed by atoms with van der Waals surface area (Å²) >= 11 is 3.54. The Morgan fingerprint density at radius 1 is 1.25 bits per heavy atom. The van der Waals surface area contributed by atoms with E-state index >= 15 is 0 Å². The number of halogens is 1. The lowest BCUT2D eigenvalue weighted by Gasteiger charge is -2.31. The Bertz CT molecular complexity index is 489. The molecule has 1 atom stereocenters. The lowest BCUT2D eigenvalue weighted by molar-refractivity contribution is -0.128. The molecule has 2 aliphatic rings. The van der Waals surface area contributed by atoms with Crippen molar-refractivity contribution in [1.82, 2.24) is 4.90 Å². The summed E-state index contributed by atoms with van der Waals surface area (Å²) in [5, 5.41) is 0. The molecule has 1 amide bonds. The summed E-state index contributed by atoms with van der Waals surface area (Å²) < 4.78 is 5.41. The first-order valence-corrected chi connectivity index (χ1v) is 7.98. The topological polar surface area (TPSA) is 32.8 Å². The van der Waals surface area contributed by atoms with E-state index in [1.165, 1.54) is 11.3 Å². The van der Waals surface area contributed by atoms with Gasteiger partial charge >= 0.3 is 0 Å². The van der Waals surface area contributed by atoms with Crippen molar-refractivity contribution in [1.29, 1.82) is 0 Å². The second-order valence-corrected chi connectivity index (χ2v) is 6.60. The lowest BCUT2D eigenvalue weighted by atomic mass is 10.1. The van der Waals surface area contributed by atoms with E-state index in [4.69, 9.17) is 4.74 Å². The standard InChI is InChI=1S/C15H19BrN2O2/c16-13-9-15(19)18(11-13)10-12-3-1-2-4-14(12)17-5-7-20-8-6-17/h1-4,13H,5-11H2. The highest BCUT2D eigenvalue weighted by Crippen LogP contribution is 2.26. The lowest BCUT2D eigenvalue weighted by Crippen LogP contribution is -2.37. The van der Waals surface area contributed by atoms with Crippen LogP contribution in [0.5, 0.6) is 0 Å². The largest absolute Gasteiger partial charge is 0.378 e. The Hall–Kier alpha value is -1.07. The van der Waals surface area contributed by atoms with E-state index in [0.717, 1.165) is 32.8 Å². The Morgan fingerprint density at radius 2 is 2.00 bits per heavy atom. The molecule has 4 nitrogen and oxygen atoms in total. The van der Waals surface area contributed by atoms with Crippen LogP contribution in [0, 0.1) is 0 Å². The van der Waals surface area contributed by atoms with Crippen LogP contribution in [-0.4, -0.2) is 48.5 Å². The van der Waals surface area contributed by atoms with Crippen LogP contribution in [-0.2, 0) is 16.1 Å². The molecule has 0 bridgehead atoms. The third kappa shape index (κ3) is 2.99. The second-order valence-electron chi connectivity index (χ2n) is 5.30. The van der Waals surface area contributed by atoms with Crippen LogP contribution in [0.3, 0.4) is 0 Å². The van der Waals surface area contributed by atoms with Gasteiger partial charge in [-0.1, -0.05) is 34.1 Å². The zero-order chi connectivity index (χ0) is 13.9. The highest BCUT2D eigenvalue weighted by molar-refractivity contribution is 9.09. The number of rotatable bonds is 3. The van der Waals surface area contributed by atoms with Gasteiger partial charge in [0.1, 0.15) is 0 Å². The number of hydrogen-bond donors (Lipinski definition) is 0. The van der Waals surface area contributed by atoms with Crippen LogP contribution in [0.1, 0.15) is 12.0 Å². The smallest absolute Gasteiger partial charge is 0.224 e. The van der Waals surface area contributed by atoms with Gasteiger partial charge in [0.2, 0.25) is 5.91 Å². The second kappa shape index (κ2) is 6.14. The first kappa shape index (κ1) is 13.9. The van der Waals surface area contributed by atoms with Gasteiger partial charge in [0, 0.05) is 43.1 Å². The number of morpholine rings is 1. The van der Waals surface area contributed by atoms with Crippen molar-refractivity contribution >= 4 is 27.5 Å². The highest BCUT2D eigenvalue weighted by Gasteiger charge is 2.28.